The smallest absolute Gasteiger partial charge is 0.0863 e. The van der Waals surface area contributed by atoms with Crippen LogP contribution in [0.2, 0.25) is 0 Å². The van der Waals surface area contributed by atoms with Gasteiger partial charge < -0.3 is 4.57 Å². The molecule has 2 nitrogen and oxygen atoms in total. The third-order valence-corrected chi connectivity index (χ3v) is 8.91. The van der Waals surface area contributed by atoms with Crippen LogP contribution in [0.1, 0.15) is 82.9 Å². The summed E-state index contributed by atoms with van der Waals surface area (Å²) in [5, 5.41) is 11.9. The van der Waals surface area contributed by atoms with Crippen LogP contribution in [0.3, 0.4) is 0 Å². The van der Waals surface area contributed by atoms with E-state index in [-0.39, 0.29) is 5.37 Å². The molecule has 182 valence electrons. The third-order valence-electron chi connectivity index (χ3n) is 6.35. The second kappa shape index (κ2) is 15.5. The number of nitrogens with zero attached hydrogens (tertiary/aromatic N) is 2. The number of thioether (sulfide) groups is 2. The molecule has 0 N–H and O–H groups in total. The van der Waals surface area contributed by atoms with E-state index in [4.69, 9.17) is 12.2 Å². The standard InChI is InChI=1S/C29H38N2S3/c1-2-3-4-5-6-7-8-9-10-15-21-34-29(32)23-28(33-22-20-30)31-26-18-13-11-16-24(26)25-17-12-14-19-27(25)31/h11-14,16-19,28H,2-10,15,21-23H2,1H3. The van der Waals surface area contributed by atoms with Crippen LogP contribution in [0.15, 0.2) is 48.5 Å². The van der Waals surface area contributed by atoms with E-state index >= 15 is 0 Å². The summed E-state index contributed by atoms with van der Waals surface area (Å²) in [6.07, 6.45) is 14.4. The minimum Gasteiger partial charge on any atom is -0.327 e. The van der Waals surface area contributed by atoms with E-state index < -0.39 is 0 Å². The molecule has 0 amide bonds. The molecule has 0 saturated carbocycles. The second-order valence-corrected chi connectivity index (χ2v) is 12.0. The number of aromatic nitrogens is 1. The van der Waals surface area contributed by atoms with Crippen LogP contribution in [-0.4, -0.2) is 20.3 Å². The minimum atomic E-state index is 0.136. The fourth-order valence-corrected chi connectivity index (χ4v) is 7.00. The second-order valence-electron chi connectivity index (χ2n) is 8.93. The number of rotatable bonds is 16. The first-order valence-corrected chi connectivity index (χ1v) is 15.3. The lowest BCUT2D eigenvalue weighted by Gasteiger charge is -2.20. The molecule has 0 aliphatic rings. The maximum absolute atomic E-state index is 9.27. The van der Waals surface area contributed by atoms with Crippen molar-refractivity contribution in [2.75, 3.05) is 11.5 Å². The first kappa shape index (κ1) is 27.1. The number of fused-ring (bicyclic) bond motifs is 3. The Morgan fingerprint density at radius 3 is 1.94 bits per heavy atom. The van der Waals surface area contributed by atoms with Gasteiger partial charge in [0.2, 0.25) is 0 Å². The lowest BCUT2D eigenvalue weighted by molar-refractivity contribution is 0.563. The highest BCUT2D eigenvalue weighted by molar-refractivity contribution is 8.23. The molecule has 0 aliphatic carbocycles. The molecule has 0 fully saturated rings. The fourth-order valence-electron chi connectivity index (χ4n) is 4.60. The monoisotopic (exact) mass is 510 g/mol. The van der Waals surface area contributed by atoms with Crippen LogP contribution in [0.4, 0.5) is 0 Å². The molecule has 0 radical (unpaired) electrons. The zero-order valence-corrected chi connectivity index (χ0v) is 23.0. The first-order valence-electron chi connectivity index (χ1n) is 12.9. The van der Waals surface area contributed by atoms with Gasteiger partial charge in [0.25, 0.3) is 0 Å². The van der Waals surface area contributed by atoms with Gasteiger partial charge in [-0.2, -0.15) is 5.26 Å². The molecule has 1 aromatic heterocycles. The summed E-state index contributed by atoms with van der Waals surface area (Å²) in [7, 11) is 0. The SMILES string of the molecule is CCCCCCCCCCCCSC(=S)CC(SCC#N)n1c2ccccc2c2ccccc21. The first-order chi connectivity index (χ1) is 16.8. The summed E-state index contributed by atoms with van der Waals surface area (Å²) in [6, 6.07) is 19.5. The van der Waals surface area contributed by atoms with Gasteiger partial charge in [-0.1, -0.05) is 113 Å². The molecular formula is C29H38N2S3. The van der Waals surface area contributed by atoms with Gasteiger partial charge in [0.05, 0.1) is 32.4 Å². The maximum Gasteiger partial charge on any atom is 0.0863 e. The summed E-state index contributed by atoms with van der Waals surface area (Å²) >= 11 is 9.37. The Bertz CT molecular complexity index is 1010. The van der Waals surface area contributed by atoms with Crippen LogP contribution in [0.25, 0.3) is 21.8 Å². The highest BCUT2D eigenvalue weighted by atomic mass is 32.2. The van der Waals surface area contributed by atoms with Crippen molar-refractivity contribution in [1.29, 1.82) is 5.26 Å². The summed E-state index contributed by atoms with van der Waals surface area (Å²) in [5.41, 5.74) is 2.45. The predicted molar refractivity (Wildman–Crippen MR) is 158 cm³/mol. The Hall–Kier alpha value is -1.48. The molecule has 1 heterocycles. The van der Waals surface area contributed by atoms with Gasteiger partial charge in [-0.15, -0.1) is 23.5 Å². The van der Waals surface area contributed by atoms with E-state index in [0.717, 1.165) is 16.4 Å². The molecule has 3 rings (SSSR count). The molecule has 1 atom stereocenters. The van der Waals surface area contributed by atoms with Gasteiger partial charge >= 0.3 is 0 Å². The third kappa shape index (κ3) is 8.04. The number of unbranched alkanes of at least 4 members (excludes halogenated alkanes) is 9. The summed E-state index contributed by atoms with van der Waals surface area (Å²) in [4.78, 5) is 0. The summed E-state index contributed by atoms with van der Waals surface area (Å²) in [5.74, 6) is 1.58. The minimum absolute atomic E-state index is 0.136. The van der Waals surface area contributed by atoms with E-state index in [9.17, 15) is 5.26 Å². The van der Waals surface area contributed by atoms with Crippen molar-refractivity contribution in [3.63, 3.8) is 0 Å². The number of para-hydroxylation sites is 2. The zero-order chi connectivity index (χ0) is 24.0. The van der Waals surface area contributed by atoms with Gasteiger partial charge in [-0.05, 0) is 24.3 Å². The van der Waals surface area contributed by atoms with Crippen LogP contribution >= 0.6 is 35.7 Å². The molecule has 0 bridgehead atoms. The maximum atomic E-state index is 9.27. The van der Waals surface area contributed by atoms with Crippen molar-refractivity contribution in [2.24, 2.45) is 0 Å². The zero-order valence-electron chi connectivity index (χ0n) is 20.5. The average molecular weight is 511 g/mol. The van der Waals surface area contributed by atoms with E-state index in [1.165, 1.54) is 86.0 Å². The van der Waals surface area contributed by atoms with Crippen molar-refractivity contribution < 1.29 is 0 Å². The van der Waals surface area contributed by atoms with Crippen LogP contribution in [0, 0.1) is 11.3 Å². The Morgan fingerprint density at radius 1 is 0.853 bits per heavy atom. The topological polar surface area (TPSA) is 28.7 Å². The van der Waals surface area contributed by atoms with Crippen LogP contribution < -0.4 is 0 Å². The Kier molecular flexibility index (Phi) is 12.4. The van der Waals surface area contributed by atoms with E-state index in [1.54, 1.807) is 11.8 Å². The van der Waals surface area contributed by atoms with E-state index in [2.05, 4.69) is 66.1 Å². The Morgan fingerprint density at radius 2 is 1.38 bits per heavy atom. The molecule has 0 spiro atoms. The molecule has 2 aromatic carbocycles. The molecule has 3 aromatic rings. The molecule has 0 saturated heterocycles. The van der Waals surface area contributed by atoms with Crippen molar-refractivity contribution in [1.82, 2.24) is 4.57 Å². The van der Waals surface area contributed by atoms with Gasteiger partial charge in [0.15, 0.2) is 0 Å². The number of benzene rings is 2. The molecular weight excluding hydrogens is 473 g/mol. The number of nitriles is 1. The van der Waals surface area contributed by atoms with E-state index in [1.807, 2.05) is 11.8 Å². The number of thiocarbonyl (C=S) groups is 1. The van der Waals surface area contributed by atoms with E-state index in [0.29, 0.717) is 5.75 Å². The van der Waals surface area contributed by atoms with Crippen LogP contribution in [0.5, 0.6) is 0 Å². The van der Waals surface area contributed by atoms with Gasteiger partial charge in [-0.25, -0.2) is 0 Å². The fraction of sp³-hybridized carbons (Fsp3) is 0.517. The lowest BCUT2D eigenvalue weighted by Crippen LogP contribution is -2.09. The van der Waals surface area contributed by atoms with Crippen molar-refractivity contribution in [3.05, 3.63) is 48.5 Å². The van der Waals surface area contributed by atoms with Crippen molar-refractivity contribution in [2.45, 2.75) is 82.9 Å². The number of hydrogen-bond acceptors (Lipinski definition) is 4. The largest absolute Gasteiger partial charge is 0.327 e. The Balaban J connectivity index is 1.50. The highest BCUT2D eigenvalue weighted by Gasteiger charge is 2.20. The molecule has 34 heavy (non-hydrogen) atoms. The number of hydrogen-bond donors (Lipinski definition) is 0. The average Bonchev–Trinajstić information content (AvgIpc) is 3.19. The van der Waals surface area contributed by atoms with Gasteiger partial charge in [-0.3, -0.25) is 0 Å². The predicted octanol–water partition coefficient (Wildman–Crippen LogP) is 9.92. The van der Waals surface area contributed by atoms with Crippen molar-refractivity contribution in [3.8, 4) is 6.07 Å². The molecule has 5 heteroatoms. The normalized spacial score (nSPS) is 12.2. The van der Waals surface area contributed by atoms with Crippen LogP contribution in [-0.2, 0) is 0 Å². The molecule has 1 unspecified atom stereocenters. The highest BCUT2D eigenvalue weighted by Crippen LogP contribution is 2.38. The van der Waals surface area contributed by atoms with Gasteiger partial charge in [0.1, 0.15) is 0 Å². The van der Waals surface area contributed by atoms with Gasteiger partial charge in [0, 0.05) is 17.2 Å². The summed E-state index contributed by atoms with van der Waals surface area (Å²) < 4.78 is 3.47. The lowest BCUT2D eigenvalue weighted by atomic mass is 10.1. The summed E-state index contributed by atoms with van der Waals surface area (Å²) in [6.45, 7) is 2.28. The quantitative estimate of drug-likeness (QED) is 0.142. The molecule has 0 aliphatic heterocycles. The Labute approximate surface area is 219 Å². The van der Waals surface area contributed by atoms with Crippen molar-refractivity contribution >= 4 is 61.7 Å².